The lowest BCUT2D eigenvalue weighted by Gasteiger charge is -2.15. The molecule has 2 N–H and O–H groups in total. The molecule has 2 aromatic rings. The highest BCUT2D eigenvalue weighted by molar-refractivity contribution is 14.1. The Balaban J connectivity index is 1.95. The fourth-order valence-corrected chi connectivity index (χ4v) is 3.42. The third-order valence-electron chi connectivity index (χ3n) is 3.48. The van der Waals surface area contributed by atoms with Crippen molar-refractivity contribution in [1.82, 2.24) is 5.43 Å². The molecule has 0 aliphatic rings. The van der Waals surface area contributed by atoms with Crippen LogP contribution < -0.4 is 20.2 Å². The van der Waals surface area contributed by atoms with E-state index in [-0.39, 0.29) is 12.5 Å². The van der Waals surface area contributed by atoms with Crippen molar-refractivity contribution in [2.75, 3.05) is 12.4 Å². The topological polar surface area (TPSA) is 89.0 Å². The molecule has 0 spiro atoms. The van der Waals surface area contributed by atoms with Crippen LogP contribution in [0.25, 0.3) is 0 Å². The number of hydrazone groups is 1. The molecular formula is C20H21BrIN3O4. The summed E-state index contributed by atoms with van der Waals surface area (Å²) in [5.41, 5.74) is 3.67. The number of benzene rings is 2. The maximum absolute atomic E-state index is 12.0. The first kappa shape index (κ1) is 23.1. The van der Waals surface area contributed by atoms with Gasteiger partial charge in [-0.1, -0.05) is 12.1 Å². The second-order valence-electron chi connectivity index (χ2n) is 6.20. The number of hydrogen-bond acceptors (Lipinski definition) is 5. The summed E-state index contributed by atoms with van der Waals surface area (Å²) in [7, 11) is 1.56. The molecule has 0 aromatic heterocycles. The third-order valence-corrected chi connectivity index (χ3v) is 4.97. The van der Waals surface area contributed by atoms with Crippen LogP contribution in [0.15, 0.2) is 46.0 Å². The summed E-state index contributed by atoms with van der Waals surface area (Å²) >= 11 is 5.49. The number of hydrogen-bond donors (Lipinski definition) is 2. The van der Waals surface area contributed by atoms with Crippen LogP contribution in [0.2, 0.25) is 0 Å². The maximum Gasteiger partial charge on any atom is 0.249 e. The number of nitrogens with zero attached hydrogens (tertiary/aromatic N) is 1. The van der Waals surface area contributed by atoms with Gasteiger partial charge in [-0.05, 0) is 82.2 Å². The number of carbonyl (C=O) groups is 2. The summed E-state index contributed by atoms with van der Waals surface area (Å²) in [5, 5.41) is 6.58. The fourth-order valence-electron chi connectivity index (χ4n) is 2.29. The molecule has 9 heteroatoms. The predicted molar refractivity (Wildman–Crippen MR) is 125 cm³/mol. The van der Waals surface area contributed by atoms with Gasteiger partial charge in [0.25, 0.3) is 0 Å². The summed E-state index contributed by atoms with van der Waals surface area (Å²) in [4.78, 5) is 23.9. The van der Waals surface area contributed by atoms with E-state index < -0.39 is 11.8 Å². The molecule has 0 unspecified atom stereocenters. The fraction of sp³-hybridized carbons (Fsp3) is 0.250. The molecule has 29 heavy (non-hydrogen) atoms. The normalized spacial score (nSPS) is 10.8. The van der Waals surface area contributed by atoms with Crippen LogP contribution in [0.1, 0.15) is 25.8 Å². The first-order valence-electron chi connectivity index (χ1n) is 8.70. The molecule has 7 nitrogen and oxygen atoms in total. The molecule has 0 atom stereocenters. The smallest absolute Gasteiger partial charge is 0.249 e. The molecule has 0 heterocycles. The van der Waals surface area contributed by atoms with Crippen molar-refractivity contribution in [3.05, 3.63) is 50.0 Å². The molecule has 2 aromatic carbocycles. The van der Waals surface area contributed by atoms with Crippen LogP contribution in [0.3, 0.4) is 0 Å². The number of amides is 2. The Morgan fingerprint density at radius 1 is 1.24 bits per heavy atom. The summed E-state index contributed by atoms with van der Waals surface area (Å²) < 4.78 is 12.7. The predicted octanol–water partition coefficient (Wildman–Crippen LogP) is 4.33. The summed E-state index contributed by atoms with van der Waals surface area (Å²) in [6.07, 6.45) is 1.15. The van der Waals surface area contributed by atoms with Crippen molar-refractivity contribution in [3.63, 3.8) is 0 Å². The Labute approximate surface area is 191 Å². The zero-order chi connectivity index (χ0) is 21.4. The average Bonchev–Trinajstić information content (AvgIpc) is 2.65. The van der Waals surface area contributed by atoms with E-state index in [1.165, 1.54) is 6.21 Å². The van der Waals surface area contributed by atoms with Gasteiger partial charge in [-0.3, -0.25) is 9.59 Å². The van der Waals surface area contributed by atoms with Crippen molar-refractivity contribution in [2.24, 2.45) is 5.10 Å². The number of ether oxygens (including phenoxy) is 2. The number of carbonyl (C=O) groups excluding carboxylic acids is 2. The Morgan fingerprint density at radius 3 is 2.62 bits per heavy atom. The van der Waals surface area contributed by atoms with Gasteiger partial charge in [-0.15, -0.1) is 0 Å². The Hall–Kier alpha value is -2.14. The molecule has 2 rings (SSSR count). The van der Waals surface area contributed by atoms with Gasteiger partial charge < -0.3 is 14.8 Å². The SMILES string of the molecule is COc1cc(C=NNC(=O)CC(=O)Nc2ccccc2Br)cc(I)c1OC(C)C. The lowest BCUT2D eigenvalue weighted by atomic mass is 10.2. The Kier molecular flexibility index (Phi) is 8.90. The molecule has 154 valence electrons. The highest BCUT2D eigenvalue weighted by Gasteiger charge is 2.13. The van der Waals surface area contributed by atoms with E-state index in [0.717, 1.165) is 13.6 Å². The van der Waals surface area contributed by atoms with Crippen LogP contribution in [0, 0.1) is 3.57 Å². The summed E-state index contributed by atoms with van der Waals surface area (Å²) in [6.45, 7) is 3.88. The number of halogens is 2. The van der Waals surface area contributed by atoms with E-state index in [4.69, 9.17) is 9.47 Å². The Morgan fingerprint density at radius 2 is 1.97 bits per heavy atom. The van der Waals surface area contributed by atoms with Gasteiger partial charge in [0.05, 0.1) is 28.7 Å². The van der Waals surface area contributed by atoms with E-state index in [2.05, 4.69) is 54.4 Å². The van der Waals surface area contributed by atoms with Gasteiger partial charge in [-0.25, -0.2) is 5.43 Å². The number of nitrogens with one attached hydrogen (secondary N) is 2. The summed E-state index contributed by atoms with van der Waals surface area (Å²) in [6, 6.07) is 10.8. The molecule has 0 saturated heterocycles. The molecule has 0 aliphatic carbocycles. The molecular weight excluding hydrogens is 553 g/mol. The number of anilines is 1. The van der Waals surface area contributed by atoms with Gasteiger partial charge in [0.2, 0.25) is 11.8 Å². The lowest BCUT2D eigenvalue weighted by Crippen LogP contribution is -2.24. The van der Waals surface area contributed by atoms with Crippen molar-refractivity contribution in [3.8, 4) is 11.5 Å². The van der Waals surface area contributed by atoms with Gasteiger partial charge in [0, 0.05) is 4.47 Å². The molecule has 0 aliphatic heterocycles. The number of para-hydroxylation sites is 1. The van der Waals surface area contributed by atoms with E-state index >= 15 is 0 Å². The van der Waals surface area contributed by atoms with Gasteiger partial charge in [0.15, 0.2) is 11.5 Å². The minimum Gasteiger partial charge on any atom is -0.493 e. The van der Waals surface area contributed by atoms with Gasteiger partial charge in [-0.2, -0.15) is 5.10 Å². The first-order valence-corrected chi connectivity index (χ1v) is 10.6. The van der Waals surface area contributed by atoms with Crippen LogP contribution in [-0.4, -0.2) is 31.2 Å². The molecule has 0 fully saturated rings. The monoisotopic (exact) mass is 573 g/mol. The zero-order valence-corrected chi connectivity index (χ0v) is 19.9. The zero-order valence-electron chi connectivity index (χ0n) is 16.2. The Bertz CT molecular complexity index is 919. The molecule has 0 radical (unpaired) electrons. The van der Waals surface area contributed by atoms with E-state index in [9.17, 15) is 9.59 Å². The maximum atomic E-state index is 12.0. The highest BCUT2D eigenvalue weighted by atomic mass is 127. The van der Waals surface area contributed by atoms with Crippen LogP contribution in [-0.2, 0) is 9.59 Å². The van der Waals surface area contributed by atoms with Gasteiger partial charge in [0.1, 0.15) is 6.42 Å². The highest BCUT2D eigenvalue weighted by Crippen LogP contribution is 2.34. The van der Waals surface area contributed by atoms with E-state index in [1.807, 2.05) is 26.0 Å². The van der Waals surface area contributed by atoms with Crippen LogP contribution in [0.4, 0.5) is 5.69 Å². The second kappa shape index (κ2) is 11.1. The van der Waals surface area contributed by atoms with Crippen molar-refractivity contribution >= 4 is 62.2 Å². The van der Waals surface area contributed by atoms with Crippen molar-refractivity contribution < 1.29 is 19.1 Å². The molecule has 2 amide bonds. The average molecular weight is 574 g/mol. The molecule has 0 bridgehead atoms. The van der Waals surface area contributed by atoms with Crippen LogP contribution in [0.5, 0.6) is 11.5 Å². The number of rotatable bonds is 8. The summed E-state index contributed by atoms with van der Waals surface area (Å²) in [5.74, 6) is 0.280. The number of methoxy groups -OCH3 is 1. The van der Waals surface area contributed by atoms with Gasteiger partial charge >= 0.3 is 0 Å². The lowest BCUT2D eigenvalue weighted by molar-refractivity contribution is -0.126. The first-order chi connectivity index (χ1) is 13.8. The minimum absolute atomic E-state index is 0.0128. The van der Waals surface area contributed by atoms with Crippen molar-refractivity contribution in [1.29, 1.82) is 0 Å². The standard InChI is InChI=1S/C20H21BrIN3O4/c1-12(2)29-20-15(22)8-13(9-17(20)28-3)11-23-25-19(27)10-18(26)24-16-7-5-4-6-14(16)21/h4-9,11-12H,10H2,1-3H3,(H,24,26)(H,25,27). The largest absolute Gasteiger partial charge is 0.493 e. The quantitative estimate of drug-likeness (QED) is 0.213. The van der Waals surface area contributed by atoms with E-state index in [0.29, 0.717) is 17.2 Å². The molecule has 0 saturated carbocycles. The third kappa shape index (κ3) is 7.32. The van der Waals surface area contributed by atoms with Crippen molar-refractivity contribution in [2.45, 2.75) is 26.4 Å². The minimum atomic E-state index is -0.521. The van der Waals surface area contributed by atoms with Crippen LogP contribution >= 0.6 is 38.5 Å². The van der Waals surface area contributed by atoms with E-state index in [1.54, 1.807) is 31.4 Å². The second-order valence-corrected chi connectivity index (χ2v) is 8.22.